The van der Waals surface area contributed by atoms with Gasteiger partial charge in [-0.05, 0) is 30.9 Å². The molecule has 0 bridgehead atoms. The van der Waals surface area contributed by atoms with Crippen LogP contribution in [0.3, 0.4) is 0 Å². The summed E-state index contributed by atoms with van der Waals surface area (Å²) in [6.45, 7) is 2.44. The number of carbonyl (C=O) groups excluding carboxylic acids is 1. The third-order valence-corrected chi connectivity index (χ3v) is 4.05. The van der Waals surface area contributed by atoms with Crippen molar-refractivity contribution in [2.75, 3.05) is 32.2 Å². The fourth-order valence-electron chi connectivity index (χ4n) is 2.03. The molecule has 5 nitrogen and oxygen atoms in total. The summed E-state index contributed by atoms with van der Waals surface area (Å²) in [5.41, 5.74) is 8.82. The van der Waals surface area contributed by atoms with E-state index in [1.807, 2.05) is 49.6 Å². The van der Waals surface area contributed by atoms with E-state index in [9.17, 15) is 4.79 Å². The van der Waals surface area contributed by atoms with Crippen LogP contribution in [0.15, 0.2) is 64.8 Å². The number of aldehydes is 1. The summed E-state index contributed by atoms with van der Waals surface area (Å²) in [4.78, 5) is 15.4. The summed E-state index contributed by atoms with van der Waals surface area (Å²) in [6.07, 6.45) is 16.7. The van der Waals surface area contributed by atoms with Crippen molar-refractivity contribution in [1.82, 2.24) is 0 Å². The van der Waals surface area contributed by atoms with E-state index >= 15 is 0 Å². The number of allylic oxidation sites excluding steroid dienone is 4. The number of aryl methyl sites for hydroxylation is 1. The van der Waals surface area contributed by atoms with E-state index in [2.05, 4.69) is 21.5 Å². The van der Waals surface area contributed by atoms with E-state index in [0.29, 0.717) is 18.5 Å². The molecule has 7 heteroatoms. The second kappa shape index (κ2) is 20.3. The summed E-state index contributed by atoms with van der Waals surface area (Å²) in [5, 5.41) is 6.38. The molecule has 0 aliphatic carbocycles. The maximum absolute atomic E-state index is 11.0. The number of anilines is 1. The summed E-state index contributed by atoms with van der Waals surface area (Å²) < 4.78 is 0. The van der Waals surface area contributed by atoms with Gasteiger partial charge >= 0.3 is 51.4 Å². The van der Waals surface area contributed by atoms with Gasteiger partial charge in [0, 0.05) is 23.9 Å². The molecule has 0 heterocycles. The standard InChI is InChI=1S/C20H23N3OS.C2H6N.K/c1-4-20(25-3)18(10-5-6-12-21)19(11-13-24)23-15-22-17-9-7-8-16(2)14-17;1-3-2;/h1,5-11,13-15,20H,12,21H2,2-3H3,(H,22,23);1-2H3;/q;-1;+1/b6-5?,18-10-,19-11-;;. The Bertz CT molecular complexity index is 751. The largest absolute Gasteiger partial charge is 1.00 e. The minimum Gasteiger partial charge on any atom is -0.668 e. The molecular weight excluding hydrogens is 407 g/mol. The molecule has 150 valence electrons. The molecule has 1 atom stereocenters. The van der Waals surface area contributed by atoms with Crippen molar-refractivity contribution in [1.29, 1.82) is 0 Å². The van der Waals surface area contributed by atoms with Gasteiger partial charge in [-0.25, -0.2) is 4.99 Å². The minimum atomic E-state index is -0.218. The van der Waals surface area contributed by atoms with Crippen LogP contribution in [0.1, 0.15) is 5.56 Å². The van der Waals surface area contributed by atoms with Crippen LogP contribution in [0.5, 0.6) is 0 Å². The fraction of sp³-hybridized carbons (Fsp3) is 0.273. The summed E-state index contributed by atoms with van der Waals surface area (Å²) >= 11 is 1.50. The predicted molar refractivity (Wildman–Crippen MR) is 125 cm³/mol. The number of rotatable bonds is 9. The molecule has 3 N–H and O–H groups in total. The van der Waals surface area contributed by atoms with E-state index < -0.39 is 0 Å². The summed E-state index contributed by atoms with van der Waals surface area (Å²) in [6, 6.07) is 7.91. The van der Waals surface area contributed by atoms with Crippen molar-refractivity contribution in [3.05, 3.63) is 70.7 Å². The third kappa shape index (κ3) is 13.8. The number of thioether (sulfide) groups is 1. The molecule has 0 saturated heterocycles. The van der Waals surface area contributed by atoms with Crippen molar-refractivity contribution in [2.24, 2.45) is 10.7 Å². The summed E-state index contributed by atoms with van der Waals surface area (Å²) in [7, 11) is 3.50. The molecule has 1 aromatic carbocycles. The Morgan fingerprint density at radius 1 is 1.41 bits per heavy atom. The van der Waals surface area contributed by atoms with E-state index in [0.717, 1.165) is 16.8 Å². The van der Waals surface area contributed by atoms with Gasteiger partial charge in [0.05, 0.1) is 17.3 Å². The average Bonchev–Trinajstić information content (AvgIpc) is 2.68. The van der Waals surface area contributed by atoms with Gasteiger partial charge in [-0.2, -0.15) is 14.1 Å². The van der Waals surface area contributed by atoms with Crippen LogP contribution in [-0.4, -0.2) is 44.8 Å². The predicted octanol–water partition coefficient (Wildman–Crippen LogP) is 0.948. The van der Waals surface area contributed by atoms with Gasteiger partial charge < -0.3 is 16.4 Å². The molecule has 0 aliphatic heterocycles. The Morgan fingerprint density at radius 3 is 2.62 bits per heavy atom. The van der Waals surface area contributed by atoms with Crippen molar-refractivity contribution >= 4 is 30.1 Å². The third-order valence-electron chi connectivity index (χ3n) is 3.19. The SMILES string of the molecule is C#CC(SC)C(=C\C=CCN)/C(=C/C=O)N=CNc1cccc(C)c1.C[N-]C.[K+]. The van der Waals surface area contributed by atoms with Crippen LogP contribution in [0.2, 0.25) is 0 Å². The quantitative estimate of drug-likeness (QED) is 0.115. The van der Waals surface area contributed by atoms with Gasteiger partial charge in [-0.15, -0.1) is 18.2 Å². The molecular formula is C22H29KN4OS. The Hall–Kier alpha value is -0.954. The second-order valence-electron chi connectivity index (χ2n) is 5.48. The molecule has 1 rings (SSSR count). The monoisotopic (exact) mass is 436 g/mol. The molecule has 0 fully saturated rings. The number of carbonyl (C=O) groups is 1. The second-order valence-corrected chi connectivity index (χ2v) is 6.42. The number of nitrogens with two attached hydrogens (primary N) is 1. The number of nitrogens with zero attached hydrogens (tertiary/aromatic N) is 2. The Balaban J connectivity index is 0. The van der Waals surface area contributed by atoms with Crippen LogP contribution >= 0.6 is 11.8 Å². The zero-order chi connectivity index (χ0) is 21.2. The summed E-state index contributed by atoms with van der Waals surface area (Å²) in [5.74, 6) is 2.71. The van der Waals surface area contributed by atoms with Crippen LogP contribution in [0.25, 0.3) is 5.32 Å². The minimum absolute atomic E-state index is 0. The van der Waals surface area contributed by atoms with E-state index in [-0.39, 0.29) is 56.6 Å². The number of nitrogens with one attached hydrogen (secondary N) is 1. The Kier molecular flexibility index (Phi) is 21.2. The molecule has 0 radical (unpaired) electrons. The molecule has 0 aliphatic rings. The van der Waals surface area contributed by atoms with E-state index in [4.69, 9.17) is 12.2 Å². The van der Waals surface area contributed by atoms with Gasteiger partial charge in [0.15, 0.2) is 0 Å². The first-order chi connectivity index (χ1) is 13.6. The van der Waals surface area contributed by atoms with Crippen molar-refractivity contribution in [2.45, 2.75) is 12.2 Å². The molecule has 0 aromatic heterocycles. The Labute approximate surface area is 222 Å². The number of hydrogen-bond acceptors (Lipinski definition) is 4. The number of aliphatic imine (C=N–C) groups is 1. The van der Waals surface area contributed by atoms with Crippen molar-refractivity contribution < 1.29 is 56.2 Å². The molecule has 0 amide bonds. The molecule has 0 saturated carbocycles. The molecule has 1 unspecified atom stereocenters. The first-order valence-electron chi connectivity index (χ1n) is 8.63. The smallest absolute Gasteiger partial charge is 0.668 e. The van der Waals surface area contributed by atoms with Crippen LogP contribution in [0, 0.1) is 19.3 Å². The average molecular weight is 437 g/mol. The van der Waals surface area contributed by atoms with Gasteiger partial charge in [-0.1, -0.05) is 36.3 Å². The van der Waals surface area contributed by atoms with Gasteiger partial charge in [-0.3, -0.25) is 4.79 Å². The molecule has 1 aromatic rings. The topological polar surface area (TPSA) is 81.6 Å². The Morgan fingerprint density at radius 2 is 2.10 bits per heavy atom. The molecule has 0 spiro atoms. The van der Waals surface area contributed by atoms with Crippen molar-refractivity contribution in [3.63, 3.8) is 0 Å². The zero-order valence-electron chi connectivity index (χ0n) is 17.9. The van der Waals surface area contributed by atoms with Crippen molar-refractivity contribution in [3.8, 4) is 12.3 Å². The van der Waals surface area contributed by atoms with Crippen LogP contribution < -0.4 is 62.4 Å². The first-order valence-corrected chi connectivity index (χ1v) is 9.91. The molecule has 29 heavy (non-hydrogen) atoms. The maximum atomic E-state index is 11.0. The zero-order valence-corrected chi connectivity index (χ0v) is 21.9. The van der Waals surface area contributed by atoms with E-state index in [1.165, 1.54) is 17.8 Å². The van der Waals surface area contributed by atoms with Gasteiger partial charge in [0.2, 0.25) is 0 Å². The fourth-order valence-corrected chi connectivity index (χ4v) is 2.62. The van der Waals surface area contributed by atoms with Gasteiger partial charge in [0.1, 0.15) is 6.29 Å². The maximum Gasteiger partial charge on any atom is 1.00 e. The normalized spacial score (nSPS) is 12.6. The first kappa shape index (κ1) is 30.2. The number of hydrogen-bond donors (Lipinski definition) is 2. The van der Waals surface area contributed by atoms with Gasteiger partial charge in [0.25, 0.3) is 0 Å². The van der Waals surface area contributed by atoms with Crippen LogP contribution in [-0.2, 0) is 4.79 Å². The number of benzene rings is 1. The number of terminal acetylenes is 1. The van der Waals surface area contributed by atoms with Crippen LogP contribution in [0.4, 0.5) is 5.69 Å². The van der Waals surface area contributed by atoms with E-state index in [1.54, 1.807) is 26.5 Å².